The Hall–Kier alpha value is -4.77. The Bertz CT molecular complexity index is 2740. The summed E-state index contributed by atoms with van der Waals surface area (Å²) < 4.78 is 32.0. The number of carbonyl (C=O) groups excluding carboxylic acids is 4. The number of anilines is 2. The number of methoxy groups -OCH3 is 4. The summed E-state index contributed by atoms with van der Waals surface area (Å²) in [7, 11) is 1.24. The predicted molar refractivity (Wildman–Crippen MR) is 331 cm³/mol. The van der Waals surface area contributed by atoms with Crippen molar-refractivity contribution in [1.82, 2.24) is 4.91 Å². The molecule has 0 aliphatic carbocycles. The van der Waals surface area contributed by atoms with Gasteiger partial charge in [-0.3, -0.25) is 9.69 Å². The van der Waals surface area contributed by atoms with Gasteiger partial charge in [0.05, 0.1) is 63.8 Å². The Kier molecular flexibility index (Phi) is 24.8. The van der Waals surface area contributed by atoms with E-state index in [-0.39, 0.29) is 31.6 Å². The number of benzene rings is 4. The standard InChI is InChI=1S/C24H29NO5.C22H23NO4.2C6H18NSi2.CH4.Sn/c1-8-30-23(26)17(5)22(18-10-9-14(2)20(12-18)24(27)29-7)25-19-11-15(3)16(4)21(13-19)28-6;1-12-7-8-16(10-18(12)22(25)27-6)20-15(4)21(24)23(20)17-9-13(2)14(3)19(11-17)26-5;2*1-8(2,3)7-9(4,5)6;;/h9-13,22,25H,5,8H2,1-4,6-7H3;7-11,20H,4H2,1-3,5-6H3;2*1-6H3;1H4;/q;;2*-1;;+2/t22-;20-;;;;/m11..../s1. The van der Waals surface area contributed by atoms with Crippen molar-refractivity contribution in [3.05, 3.63) is 141 Å². The van der Waals surface area contributed by atoms with Crippen molar-refractivity contribution in [3.63, 3.8) is 0 Å². The fourth-order valence-electron chi connectivity index (χ4n) is 9.26. The van der Waals surface area contributed by atoms with E-state index in [1.807, 2.05) is 90.1 Å². The van der Waals surface area contributed by atoms with Crippen molar-refractivity contribution in [2.75, 3.05) is 45.3 Å². The van der Waals surface area contributed by atoms with Crippen LogP contribution < -0.4 is 19.7 Å². The van der Waals surface area contributed by atoms with E-state index in [4.69, 9.17) is 23.7 Å². The van der Waals surface area contributed by atoms with Gasteiger partial charge in [-0.2, -0.15) is 0 Å². The van der Waals surface area contributed by atoms with E-state index in [1.165, 1.54) is 14.2 Å². The molecule has 5 rings (SSSR count). The molecule has 2 atom stereocenters. The van der Waals surface area contributed by atoms with Crippen LogP contribution in [0.15, 0.2) is 85.0 Å². The second kappa shape index (κ2) is 27.9. The average molecular weight is 1230 g/mol. The third-order valence-electron chi connectivity index (χ3n) is 13.1. The van der Waals surface area contributed by atoms with Gasteiger partial charge in [0.2, 0.25) is 0 Å². The number of nitrogens with one attached hydrogen (secondary N) is 1. The second-order valence-electron chi connectivity index (χ2n) is 23.2. The van der Waals surface area contributed by atoms with Crippen LogP contribution in [0.5, 0.6) is 11.5 Å². The summed E-state index contributed by atoms with van der Waals surface area (Å²) in [5.74, 6) is -0.0189. The third-order valence-corrected chi connectivity index (χ3v) is 53.3. The molecule has 1 fully saturated rings. The first-order valence-corrected chi connectivity index (χ1v) is 42.0. The van der Waals surface area contributed by atoms with Crippen molar-refractivity contribution in [1.29, 1.82) is 0 Å². The normalized spacial score (nSPS) is 13.9. The Morgan fingerprint density at radius 1 is 0.649 bits per heavy atom. The van der Waals surface area contributed by atoms with Crippen molar-refractivity contribution in [2.24, 2.45) is 0 Å². The topological polar surface area (TPSA) is 136 Å². The molecular formula is C59H92N4O9Si4Sn. The molecule has 2 radical (unpaired) electrons. The Labute approximate surface area is 478 Å². The number of ether oxygens (including phenoxy) is 5. The summed E-state index contributed by atoms with van der Waals surface area (Å²) in [6.45, 7) is 52.1. The van der Waals surface area contributed by atoms with Gasteiger partial charge in [-0.1, -0.05) is 44.8 Å². The third kappa shape index (κ3) is 17.4. The molecule has 422 valence electrons. The molecule has 0 bridgehead atoms. The Balaban J connectivity index is 0.000000403. The first-order valence-electron chi connectivity index (χ1n) is 25.7. The first kappa shape index (κ1) is 68.3. The number of esters is 3. The van der Waals surface area contributed by atoms with E-state index in [0.29, 0.717) is 22.3 Å². The van der Waals surface area contributed by atoms with Crippen LogP contribution in [-0.4, -0.2) is 118 Å². The van der Waals surface area contributed by atoms with Gasteiger partial charge in [-0.05, 0) is 117 Å². The molecule has 18 heteroatoms. The van der Waals surface area contributed by atoms with E-state index in [9.17, 15) is 19.2 Å². The van der Waals surface area contributed by atoms with Crippen molar-refractivity contribution in [3.8, 4) is 11.5 Å². The number of carbonyl (C=O) groups is 4. The molecule has 77 heavy (non-hydrogen) atoms. The van der Waals surface area contributed by atoms with Gasteiger partial charge < -0.3 is 29.0 Å². The van der Waals surface area contributed by atoms with Crippen LogP contribution in [0.25, 0.3) is 0 Å². The van der Waals surface area contributed by atoms with E-state index in [2.05, 4.69) is 102 Å². The summed E-state index contributed by atoms with van der Waals surface area (Å²) in [5.41, 5.74) is 10.4. The van der Waals surface area contributed by atoms with Crippen LogP contribution in [0.2, 0.25) is 78.6 Å². The Morgan fingerprint density at radius 3 is 1.53 bits per heavy atom. The summed E-state index contributed by atoms with van der Waals surface area (Å²) in [5, 5.41) is 3.35. The fraction of sp³-hybridized carbons (Fsp3) is 0.458. The number of rotatable bonds is 18. The van der Waals surface area contributed by atoms with Gasteiger partial charge in [0.15, 0.2) is 0 Å². The zero-order valence-electron chi connectivity index (χ0n) is 50.1. The SMILES string of the molecule is C.C=C(C(=O)OCC)[C@@H](Nc1cc(C)c(C)c(OC)c1)c1ccc(C)c(C(=O)OC)c1.C=C1C(=O)N(c2cc(C)c(C)c(OC)c2)[C@H]1c1ccc(C)c(C(=O)OC)c1.C[Si](C)(C)[N]([Sn][N]([Si](C)(C)C)[Si](C)(C)C)[Si](C)(C)C. The maximum absolute atomic E-state index is 12.6. The van der Waals surface area contributed by atoms with E-state index >= 15 is 0 Å². The number of hydrogen-bond acceptors (Lipinski definition) is 12. The van der Waals surface area contributed by atoms with Gasteiger partial charge in [0.25, 0.3) is 5.91 Å². The van der Waals surface area contributed by atoms with Crippen LogP contribution in [0.4, 0.5) is 11.4 Å². The molecule has 1 aliphatic rings. The van der Waals surface area contributed by atoms with Gasteiger partial charge in [0, 0.05) is 29.1 Å². The molecule has 1 heterocycles. The minimum absolute atomic E-state index is 0. The molecule has 1 aliphatic heterocycles. The maximum atomic E-state index is 12.6. The van der Waals surface area contributed by atoms with E-state index in [0.717, 1.165) is 61.8 Å². The number of hydrogen-bond donors (Lipinski definition) is 1. The fourth-order valence-corrected chi connectivity index (χ4v) is 42.8. The van der Waals surface area contributed by atoms with Crippen molar-refractivity contribution >= 4 is 89.8 Å². The molecular weight excluding hydrogens is 1140 g/mol. The molecule has 1 amide bonds. The second-order valence-corrected chi connectivity index (χ2v) is 51.5. The van der Waals surface area contributed by atoms with Gasteiger partial charge in [-0.25, -0.2) is 14.4 Å². The van der Waals surface area contributed by atoms with E-state index in [1.54, 1.807) is 38.2 Å². The molecule has 0 spiro atoms. The quantitative estimate of drug-likeness (QED) is 0.0334. The van der Waals surface area contributed by atoms with Crippen LogP contribution in [-0.2, 0) is 23.8 Å². The number of β-lactam (4-membered cyclic amide) rings is 1. The minimum atomic E-state index is -1.17. The van der Waals surface area contributed by atoms with Crippen molar-refractivity contribution < 1.29 is 42.9 Å². The van der Waals surface area contributed by atoms with Gasteiger partial charge in [-0.15, -0.1) is 0 Å². The van der Waals surface area contributed by atoms with Gasteiger partial charge in [0.1, 0.15) is 11.5 Å². The predicted octanol–water partition coefficient (Wildman–Crippen LogP) is 13.8. The van der Waals surface area contributed by atoms with Crippen molar-refractivity contribution in [2.45, 2.75) is 147 Å². The monoisotopic (exact) mass is 1230 g/mol. The molecule has 0 unspecified atom stereocenters. The Morgan fingerprint density at radius 2 is 1.09 bits per heavy atom. The van der Waals surface area contributed by atoms with Crippen LogP contribution in [0.1, 0.15) is 91.7 Å². The number of aryl methyl sites for hydroxylation is 4. The molecule has 0 saturated carbocycles. The molecule has 4 aromatic carbocycles. The average Bonchev–Trinajstić information content (AvgIpc) is 3.32. The number of nitrogens with zero attached hydrogens (tertiary/aromatic N) is 3. The molecule has 13 nitrogen and oxygen atoms in total. The molecule has 1 N–H and O–H groups in total. The summed E-state index contributed by atoms with van der Waals surface area (Å²) in [6, 6.07) is 17.6. The van der Waals surface area contributed by atoms with Crippen LogP contribution in [0, 0.1) is 41.5 Å². The summed E-state index contributed by atoms with van der Waals surface area (Å²) in [6.07, 6.45) is 0. The summed E-state index contributed by atoms with van der Waals surface area (Å²) in [4.78, 5) is 50.9. The number of amides is 1. The molecule has 0 aromatic heterocycles. The first-order chi connectivity index (χ1) is 35.0. The van der Waals surface area contributed by atoms with Crippen LogP contribution >= 0.6 is 0 Å². The summed E-state index contributed by atoms with van der Waals surface area (Å²) >= 11 is -0.599. The van der Waals surface area contributed by atoms with Crippen LogP contribution in [0.3, 0.4) is 0 Å². The zero-order chi connectivity index (χ0) is 58.2. The molecule has 4 aromatic rings. The zero-order valence-corrected chi connectivity index (χ0v) is 56.9. The molecule has 1 saturated heterocycles. The van der Waals surface area contributed by atoms with Gasteiger partial charge >= 0.3 is 156 Å². The van der Waals surface area contributed by atoms with E-state index < -0.39 is 78.6 Å².